The third-order valence-corrected chi connectivity index (χ3v) is 4.64. The molecule has 1 aromatic carbocycles. The Labute approximate surface area is 134 Å². The molecule has 0 aromatic heterocycles. The van der Waals surface area contributed by atoms with Crippen LogP contribution in [0.2, 0.25) is 5.02 Å². The van der Waals surface area contributed by atoms with E-state index in [2.05, 4.69) is 48.3 Å². The van der Waals surface area contributed by atoms with Gasteiger partial charge in [0.1, 0.15) is 0 Å². The van der Waals surface area contributed by atoms with Crippen molar-refractivity contribution < 1.29 is 0 Å². The fraction of sp³-hybridized carbons (Fsp3) is 0.647. The molecule has 1 heterocycles. The minimum atomic E-state index is 0.615. The molecule has 0 atom stereocenters. The summed E-state index contributed by atoms with van der Waals surface area (Å²) in [6, 6.07) is 6.88. The van der Waals surface area contributed by atoms with Crippen molar-refractivity contribution in [3.05, 3.63) is 28.8 Å². The molecule has 2 rings (SSSR count). The van der Waals surface area contributed by atoms with Gasteiger partial charge >= 0.3 is 0 Å². The summed E-state index contributed by atoms with van der Waals surface area (Å²) >= 11 is 6.23. The fourth-order valence-corrected chi connectivity index (χ4v) is 3.16. The van der Waals surface area contributed by atoms with E-state index in [0.717, 1.165) is 24.5 Å². The Bertz CT molecular complexity index is 442. The molecule has 0 spiro atoms. The summed E-state index contributed by atoms with van der Waals surface area (Å²) in [7, 11) is 4.42. The fourth-order valence-electron chi connectivity index (χ4n) is 2.99. The highest BCUT2D eigenvalue weighted by molar-refractivity contribution is 6.30. The van der Waals surface area contributed by atoms with Gasteiger partial charge in [-0.2, -0.15) is 0 Å². The maximum absolute atomic E-state index is 6.23. The molecular weight excluding hydrogens is 282 g/mol. The van der Waals surface area contributed by atoms with Gasteiger partial charge in [-0.25, -0.2) is 0 Å². The van der Waals surface area contributed by atoms with Gasteiger partial charge in [0.25, 0.3) is 0 Å². The van der Waals surface area contributed by atoms with Crippen molar-refractivity contribution in [2.24, 2.45) is 0 Å². The normalized spacial score (nSPS) is 17.1. The van der Waals surface area contributed by atoms with E-state index in [1.54, 1.807) is 0 Å². The maximum Gasteiger partial charge on any atom is 0.0426 e. The van der Waals surface area contributed by atoms with Crippen LogP contribution in [0, 0.1) is 0 Å². The van der Waals surface area contributed by atoms with Crippen LogP contribution in [0.1, 0.15) is 31.7 Å². The molecule has 4 heteroatoms. The van der Waals surface area contributed by atoms with E-state index >= 15 is 0 Å². The van der Waals surface area contributed by atoms with Crippen LogP contribution >= 0.6 is 11.6 Å². The van der Waals surface area contributed by atoms with Crippen LogP contribution in [-0.2, 0) is 6.54 Å². The summed E-state index contributed by atoms with van der Waals surface area (Å²) in [6.45, 7) is 6.52. The van der Waals surface area contributed by atoms with Crippen molar-refractivity contribution >= 4 is 17.3 Å². The Balaban J connectivity index is 2.10. The van der Waals surface area contributed by atoms with E-state index in [1.165, 1.54) is 37.2 Å². The highest BCUT2D eigenvalue weighted by Crippen LogP contribution is 2.28. The van der Waals surface area contributed by atoms with Crippen molar-refractivity contribution in [3.63, 3.8) is 0 Å². The van der Waals surface area contributed by atoms with Crippen LogP contribution in [0.15, 0.2) is 18.2 Å². The highest BCUT2D eigenvalue weighted by atomic mass is 35.5. The number of hydrogen-bond donors (Lipinski definition) is 1. The van der Waals surface area contributed by atoms with Crippen LogP contribution in [0.5, 0.6) is 0 Å². The van der Waals surface area contributed by atoms with E-state index in [4.69, 9.17) is 11.6 Å². The van der Waals surface area contributed by atoms with Crippen LogP contribution in [0.25, 0.3) is 0 Å². The van der Waals surface area contributed by atoms with Gasteiger partial charge in [0, 0.05) is 30.3 Å². The zero-order valence-electron chi connectivity index (χ0n) is 13.5. The number of nitrogens with one attached hydrogen (secondary N) is 1. The SMILES string of the molecule is CCCNCc1ccc(Cl)cc1N(C)C1CCN(C)CC1. The first-order valence-corrected chi connectivity index (χ1v) is 8.40. The average Bonchev–Trinajstić information content (AvgIpc) is 2.49. The Kier molecular flexibility index (Phi) is 6.34. The van der Waals surface area contributed by atoms with E-state index in [9.17, 15) is 0 Å². The van der Waals surface area contributed by atoms with Crippen LogP contribution in [0.4, 0.5) is 5.69 Å². The van der Waals surface area contributed by atoms with Crippen LogP contribution in [-0.4, -0.2) is 44.7 Å². The van der Waals surface area contributed by atoms with Gasteiger partial charge in [-0.05, 0) is 63.6 Å². The molecule has 1 aliphatic heterocycles. The average molecular weight is 310 g/mol. The lowest BCUT2D eigenvalue weighted by molar-refractivity contribution is 0.252. The van der Waals surface area contributed by atoms with Gasteiger partial charge < -0.3 is 15.1 Å². The first-order valence-electron chi connectivity index (χ1n) is 8.02. The molecule has 0 aliphatic carbocycles. The predicted octanol–water partition coefficient (Wildman–Crippen LogP) is 3.37. The number of likely N-dealkylation sites (tertiary alicyclic amines) is 1. The monoisotopic (exact) mass is 309 g/mol. The summed E-state index contributed by atoms with van der Waals surface area (Å²) in [6.07, 6.45) is 3.61. The second-order valence-corrected chi connectivity index (χ2v) is 6.53. The molecule has 0 unspecified atom stereocenters. The Hall–Kier alpha value is -0.770. The van der Waals surface area contributed by atoms with Crippen molar-refractivity contribution in [1.82, 2.24) is 10.2 Å². The summed E-state index contributed by atoms with van der Waals surface area (Å²) in [4.78, 5) is 4.84. The zero-order chi connectivity index (χ0) is 15.2. The van der Waals surface area contributed by atoms with E-state index in [1.807, 2.05) is 6.07 Å². The van der Waals surface area contributed by atoms with Gasteiger partial charge in [0.15, 0.2) is 0 Å². The Morgan fingerprint density at radius 1 is 1.33 bits per heavy atom. The summed E-state index contributed by atoms with van der Waals surface area (Å²) in [5, 5.41) is 4.32. The molecule has 1 N–H and O–H groups in total. The van der Waals surface area contributed by atoms with E-state index in [0.29, 0.717) is 6.04 Å². The smallest absolute Gasteiger partial charge is 0.0426 e. The minimum absolute atomic E-state index is 0.615. The second kappa shape index (κ2) is 8.02. The number of halogens is 1. The third-order valence-electron chi connectivity index (χ3n) is 4.41. The molecule has 0 amide bonds. The summed E-state index contributed by atoms with van der Waals surface area (Å²) < 4.78 is 0. The Morgan fingerprint density at radius 3 is 2.71 bits per heavy atom. The molecule has 1 saturated heterocycles. The van der Waals surface area contributed by atoms with Crippen LogP contribution in [0.3, 0.4) is 0 Å². The van der Waals surface area contributed by atoms with Crippen molar-refractivity contribution in [2.75, 3.05) is 38.6 Å². The van der Waals surface area contributed by atoms with E-state index in [-0.39, 0.29) is 0 Å². The van der Waals surface area contributed by atoms with Gasteiger partial charge in [-0.15, -0.1) is 0 Å². The third kappa shape index (κ3) is 4.60. The molecule has 118 valence electrons. The molecular formula is C17H28ClN3. The topological polar surface area (TPSA) is 18.5 Å². The number of piperidine rings is 1. The lowest BCUT2D eigenvalue weighted by Crippen LogP contribution is -2.42. The molecule has 1 aliphatic rings. The number of rotatable bonds is 6. The lowest BCUT2D eigenvalue weighted by Gasteiger charge is -2.37. The van der Waals surface area contributed by atoms with Gasteiger partial charge in [-0.1, -0.05) is 24.6 Å². The maximum atomic E-state index is 6.23. The zero-order valence-corrected chi connectivity index (χ0v) is 14.3. The second-order valence-electron chi connectivity index (χ2n) is 6.10. The molecule has 0 saturated carbocycles. The molecule has 3 nitrogen and oxygen atoms in total. The number of anilines is 1. The number of hydrogen-bond acceptors (Lipinski definition) is 3. The van der Waals surface area contributed by atoms with E-state index < -0.39 is 0 Å². The molecule has 21 heavy (non-hydrogen) atoms. The van der Waals surface area contributed by atoms with Crippen molar-refractivity contribution in [1.29, 1.82) is 0 Å². The summed E-state index contributed by atoms with van der Waals surface area (Å²) in [5.41, 5.74) is 2.62. The van der Waals surface area contributed by atoms with Crippen LogP contribution < -0.4 is 10.2 Å². The van der Waals surface area contributed by atoms with Gasteiger partial charge in [0.05, 0.1) is 0 Å². The minimum Gasteiger partial charge on any atom is -0.371 e. The summed E-state index contributed by atoms with van der Waals surface area (Å²) in [5.74, 6) is 0. The molecule has 0 bridgehead atoms. The largest absolute Gasteiger partial charge is 0.371 e. The molecule has 0 radical (unpaired) electrons. The first-order chi connectivity index (χ1) is 10.1. The predicted molar refractivity (Wildman–Crippen MR) is 92.4 cm³/mol. The van der Waals surface area contributed by atoms with Gasteiger partial charge in [0.2, 0.25) is 0 Å². The standard InChI is InChI=1S/C17H28ClN3/c1-4-9-19-13-14-5-6-15(18)12-17(14)21(3)16-7-10-20(2)11-8-16/h5-6,12,16,19H,4,7-11,13H2,1-3H3. The first kappa shape index (κ1) is 16.6. The number of benzene rings is 1. The Morgan fingerprint density at radius 2 is 2.05 bits per heavy atom. The lowest BCUT2D eigenvalue weighted by atomic mass is 10.0. The highest BCUT2D eigenvalue weighted by Gasteiger charge is 2.22. The van der Waals surface area contributed by atoms with Crippen molar-refractivity contribution in [3.8, 4) is 0 Å². The molecule has 1 fully saturated rings. The van der Waals surface area contributed by atoms with Crippen molar-refractivity contribution in [2.45, 2.75) is 38.8 Å². The quantitative estimate of drug-likeness (QED) is 0.813. The molecule has 1 aromatic rings. The number of nitrogens with zero attached hydrogens (tertiary/aromatic N) is 2. The van der Waals surface area contributed by atoms with Gasteiger partial charge in [-0.3, -0.25) is 0 Å².